The first-order valence-corrected chi connectivity index (χ1v) is 6.69. The van der Waals surface area contributed by atoms with Crippen molar-refractivity contribution in [2.75, 3.05) is 13.2 Å². The molecule has 0 radical (unpaired) electrons. The van der Waals surface area contributed by atoms with E-state index in [2.05, 4.69) is 24.5 Å². The van der Waals surface area contributed by atoms with E-state index in [-0.39, 0.29) is 18.6 Å². The smallest absolute Gasteiger partial charge is 0.236 e. The second-order valence-corrected chi connectivity index (χ2v) is 5.51. The van der Waals surface area contributed by atoms with Gasteiger partial charge in [0, 0.05) is 19.2 Å². The molecule has 3 N–H and O–H groups in total. The minimum atomic E-state index is -0.175. The maximum atomic E-state index is 11.8. The van der Waals surface area contributed by atoms with Crippen molar-refractivity contribution in [2.45, 2.75) is 52.1 Å². The summed E-state index contributed by atoms with van der Waals surface area (Å²) in [6.45, 7) is 6.99. The highest BCUT2D eigenvalue weighted by atomic mass is 16.3. The zero-order chi connectivity index (χ0) is 12.8. The number of aliphatic hydroxyl groups is 1. The number of amides is 1. The van der Waals surface area contributed by atoms with E-state index in [1.165, 1.54) is 0 Å². The van der Waals surface area contributed by atoms with E-state index in [0.717, 1.165) is 25.8 Å². The monoisotopic (exact) mass is 242 g/mol. The van der Waals surface area contributed by atoms with E-state index in [0.29, 0.717) is 17.9 Å². The van der Waals surface area contributed by atoms with Crippen LogP contribution in [0.25, 0.3) is 0 Å². The molecule has 1 saturated carbocycles. The molecule has 3 unspecified atom stereocenters. The molecule has 4 heteroatoms. The summed E-state index contributed by atoms with van der Waals surface area (Å²) in [5.74, 6) is 0.848. The van der Waals surface area contributed by atoms with E-state index in [4.69, 9.17) is 0 Å². The molecule has 100 valence electrons. The van der Waals surface area contributed by atoms with Gasteiger partial charge in [0.15, 0.2) is 0 Å². The third-order valence-electron chi connectivity index (χ3n) is 3.44. The second kappa shape index (κ2) is 6.97. The zero-order valence-electron chi connectivity index (χ0n) is 11.2. The fourth-order valence-corrected chi connectivity index (χ4v) is 2.33. The van der Waals surface area contributed by atoms with Crippen molar-refractivity contribution in [2.24, 2.45) is 11.8 Å². The molecule has 0 aromatic carbocycles. The lowest BCUT2D eigenvalue weighted by molar-refractivity contribution is -0.123. The summed E-state index contributed by atoms with van der Waals surface area (Å²) >= 11 is 0. The first-order valence-electron chi connectivity index (χ1n) is 6.69. The largest absolute Gasteiger partial charge is 0.396 e. The van der Waals surface area contributed by atoms with Crippen LogP contribution in [-0.2, 0) is 4.79 Å². The summed E-state index contributed by atoms with van der Waals surface area (Å²) in [5, 5.41) is 15.5. The van der Waals surface area contributed by atoms with Gasteiger partial charge in [-0.3, -0.25) is 4.79 Å². The third kappa shape index (κ3) is 4.64. The van der Waals surface area contributed by atoms with E-state index in [1.54, 1.807) is 0 Å². The molecular formula is C13H26N2O2. The highest BCUT2D eigenvalue weighted by Crippen LogP contribution is 2.25. The minimum absolute atomic E-state index is 0.0577. The molecule has 1 fully saturated rings. The number of rotatable bonds is 6. The standard InChI is InChI=1S/C13H26N2O2/c1-9(2)7-14-13(17)10(3)15-12-6-4-5-11(12)8-16/h9-12,15-16H,4-8H2,1-3H3,(H,14,17). The Hall–Kier alpha value is -0.610. The molecule has 1 rings (SSSR count). The van der Waals surface area contributed by atoms with Crippen molar-refractivity contribution >= 4 is 5.91 Å². The molecule has 1 aliphatic rings. The predicted octanol–water partition coefficient (Wildman–Crippen LogP) is 0.898. The Balaban J connectivity index is 2.32. The summed E-state index contributed by atoms with van der Waals surface area (Å²) in [6, 6.07) is 0.116. The minimum Gasteiger partial charge on any atom is -0.396 e. The Morgan fingerprint density at radius 3 is 2.65 bits per heavy atom. The van der Waals surface area contributed by atoms with Crippen LogP contribution in [0.4, 0.5) is 0 Å². The van der Waals surface area contributed by atoms with E-state index >= 15 is 0 Å². The molecule has 0 spiro atoms. The Kier molecular flexibility index (Phi) is 5.92. The van der Waals surface area contributed by atoms with E-state index < -0.39 is 0 Å². The van der Waals surface area contributed by atoms with Gasteiger partial charge in [-0.2, -0.15) is 0 Å². The average Bonchev–Trinajstić information content (AvgIpc) is 2.72. The Morgan fingerprint density at radius 1 is 1.35 bits per heavy atom. The molecule has 0 saturated heterocycles. The molecule has 4 nitrogen and oxygen atoms in total. The van der Waals surface area contributed by atoms with Crippen molar-refractivity contribution in [3.05, 3.63) is 0 Å². The van der Waals surface area contributed by atoms with Gasteiger partial charge in [0.05, 0.1) is 6.04 Å². The first kappa shape index (κ1) is 14.5. The Bertz CT molecular complexity index is 244. The van der Waals surface area contributed by atoms with Gasteiger partial charge in [0.25, 0.3) is 0 Å². The van der Waals surface area contributed by atoms with Gasteiger partial charge in [-0.1, -0.05) is 20.3 Å². The van der Waals surface area contributed by atoms with Gasteiger partial charge >= 0.3 is 0 Å². The molecule has 0 bridgehead atoms. The van der Waals surface area contributed by atoms with Crippen LogP contribution in [0.3, 0.4) is 0 Å². The summed E-state index contributed by atoms with van der Waals surface area (Å²) in [7, 11) is 0. The van der Waals surface area contributed by atoms with Crippen LogP contribution in [0.2, 0.25) is 0 Å². The van der Waals surface area contributed by atoms with Crippen molar-refractivity contribution in [3.8, 4) is 0 Å². The van der Waals surface area contributed by atoms with Gasteiger partial charge in [-0.15, -0.1) is 0 Å². The third-order valence-corrected chi connectivity index (χ3v) is 3.44. The van der Waals surface area contributed by atoms with Crippen LogP contribution in [-0.4, -0.2) is 36.2 Å². The fraction of sp³-hybridized carbons (Fsp3) is 0.923. The maximum Gasteiger partial charge on any atom is 0.236 e. The van der Waals surface area contributed by atoms with E-state index in [1.807, 2.05) is 6.92 Å². The van der Waals surface area contributed by atoms with Crippen molar-refractivity contribution in [3.63, 3.8) is 0 Å². The van der Waals surface area contributed by atoms with Gasteiger partial charge < -0.3 is 15.7 Å². The molecule has 0 aromatic rings. The lowest BCUT2D eigenvalue weighted by atomic mass is 10.0. The van der Waals surface area contributed by atoms with Crippen LogP contribution in [0.5, 0.6) is 0 Å². The molecule has 1 aliphatic carbocycles. The second-order valence-electron chi connectivity index (χ2n) is 5.51. The van der Waals surface area contributed by atoms with Crippen LogP contribution < -0.4 is 10.6 Å². The number of hydrogen-bond donors (Lipinski definition) is 3. The summed E-state index contributed by atoms with van der Waals surface area (Å²) < 4.78 is 0. The zero-order valence-corrected chi connectivity index (χ0v) is 11.2. The van der Waals surface area contributed by atoms with Crippen LogP contribution >= 0.6 is 0 Å². The molecular weight excluding hydrogens is 216 g/mol. The van der Waals surface area contributed by atoms with Gasteiger partial charge in [-0.25, -0.2) is 0 Å². The van der Waals surface area contributed by atoms with Crippen LogP contribution in [0, 0.1) is 11.8 Å². The SMILES string of the molecule is CC(C)CNC(=O)C(C)NC1CCCC1CO. The highest BCUT2D eigenvalue weighted by Gasteiger charge is 2.28. The number of nitrogens with one attached hydrogen (secondary N) is 2. The van der Waals surface area contributed by atoms with Gasteiger partial charge in [0.1, 0.15) is 0 Å². The molecule has 3 atom stereocenters. The van der Waals surface area contributed by atoms with Crippen molar-refractivity contribution in [1.82, 2.24) is 10.6 Å². The molecule has 0 aliphatic heterocycles. The topological polar surface area (TPSA) is 61.4 Å². The molecule has 0 aromatic heterocycles. The maximum absolute atomic E-state index is 11.8. The lowest BCUT2D eigenvalue weighted by Gasteiger charge is -2.23. The summed E-state index contributed by atoms with van der Waals surface area (Å²) in [5.41, 5.74) is 0. The summed E-state index contributed by atoms with van der Waals surface area (Å²) in [6.07, 6.45) is 3.27. The molecule has 17 heavy (non-hydrogen) atoms. The van der Waals surface area contributed by atoms with Gasteiger partial charge in [-0.05, 0) is 31.6 Å². The lowest BCUT2D eigenvalue weighted by Crippen LogP contribution is -2.48. The average molecular weight is 242 g/mol. The molecule has 0 heterocycles. The highest BCUT2D eigenvalue weighted by molar-refractivity contribution is 5.81. The quantitative estimate of drug-likeness (QED) is 0.648. The molecule has 1 amide bonds. The number of hydrogen-bond acceptors (Lipinski definition) is 3. The predicted molar refractivity (Wildman–Crippen MR) is 68.7 cm³/mol. The van der Waals surface area contributed by atoms with Crippen molar-refractivity contribution < 1.29 is 9.90 Å². The normalized spacial score (nSPS) is 26.2. The Labute approximate surface area is 104 Å². The van der Waals surface area contributed by atoms with Crippen LogP contribution in [0.1, 0.15) is 40.0 Å². The van der Waals surface area contributed by atoms with Gasteiger partial charge in [0.2, 0.25) is 5.91 Å². The Morgan fingerprint density at radius 2 is 2.06 bits per heavy atom. The van der Waals surface area contributed by atoms with Crippen molar-refractivity contribution in [1.29, 1.82) is 0 Å². The number of aliphatic hydroxyl groups excluding tert-OH is 1. The first-order chi connectivity index (χ1) is 8.04. The van der Waals surface area contributed by atoms with Crippen LogP contribution in [0.15, 0.2) is 0 Å². The van der Waals surface area contributed by atoms with E-state index in [9.17, 15) is 9.90 Å². The summed E-state index contributed by atoms with van der Waals surface area (Å²) in [4.78, 5) is 11.8. The number of carbonyl (C=O) groups excluding carboxylic acids is 1. The number of carbonyl (C=O) groups is 1. The fourth-order valence-electron chi connectivity index (χ4n) is 2.33.